The Kier molecular flexibility index (Phi) is 4.84. The Bertz CT molecular complexity index is 915. The first kappa shape index (κ1) is 18.3. The molecule has 2 aliphatic rings. The lowest BCUT2D eigenvalue weighted by atomic mass is 10.2. The average molecular weight is 388 g/mol. The SMILES string of the molecule is Cc1cc(Nc2nc(Cl)cn([C@H](C)C3CC3)c2=O)c(C)nc1N1CCCC1. The maximum atomic E-state index is 12.9. The van der Waals surface area contributed by atoms with Crippen molar-refractivity contribution in [3.63, 3.8) is 0 Å². The molecule has 4 rings (SSSR count). The number of anilines is 3. The van der Waals surface area contributed by atoms with Gasteiger partial charge in [-0.1, -0.05) is 11.6 Å². The van der Waals surface area contributed by atoms with Crippen LogP contribution in [-0.2, 0) is 0 Å². The van der Waals surface area contributed by atoms with E-state index in [-0.39, 0.29) is 17.4 Å². The molecule has 1 N–H and O–H groups in total. The Hall–Kier alpha value is -2.08. The topological polar surface area (TPSA) is 63.1 Å². The third-order valence-corrected chi connectivity index (χ3v) is 5.86. The third kappa shape index (κ3) is 3.68. The van der Waals surface area contributed by atoms with E-state index in [9.17, 15) is 4.79 Å². The van der Waals surface area contributed by atoms with Gasteiger partial charge in [-0.15, -0.1) is 0 Å². The molecule has 2 aromatic rings. The molecule has 6 nitrogen and oxygen atoms in total. The summed E-state index contributed by atoms with van der Waals surface area (Å²) in [6.45, 7) is 8.20. The fourth-order valence-corrected chi connectivity index (χ4v) is 4.05. The highest BCUT2D eigenvalue weighted by atomic mass is 35.5. The Morgan fingerprint density at radius 1 is 1.22 bits per heavy atom. The lowest BCUT2D eigenvalue weighted by molar-refractivity contribution is 0.470. The first-order valence-corrected chi connectivity index (χ1v) is 10.1. The summed E-state index contributed by atoms with van der Waals surface area (Å²) in [5.41, 5.74) is 2.61. The number of nitrogens with zero attached hydrogens (tertiary/aromatic N) is 4. The number of halogens is 1. The van der Waals surface area contributed by atoms with Crippen LogP contribution < -0.4 is 15.8 Å². The minimum Gasteiger partial charge on any atom is -0.356 e. The van der Waals surface area contributed by atoms with Crippen molar-refractivity contribution in [3.8, 4) is 0 Å². The zero-order valence-corrected chi connectivity index (χ0v) is 16.9. The monoisotopic (exact) mass is 387 g/mol. The summed E-state index contributed by atoms with van der Waals surface area (Å²) in [6.07, 6.45) is 6.40. The molecular formula is C20H26ClN5O. The summed E-state index contributed by atoms with van der Waals surface area (Å²) in [5, 5.41) is 3.50. The van der Waals surface area contributed by atoms with Crippen LogP contribution in [0.15, 0.2) is 17.1 Å². The second kappa shape index (κ2) is 7.15. The number of hydrogen-bond donors (Lipinski definition) is 1. The maximum Gasteiger partial charge on any atom is 0.294 e. The van der Waals surface area contributed by atoms with E-state index in [0.717, 1.165) is 48.7 Å². The first-order chi connectivity index (χ1) is 12.9. The van der Waals surface area contributed by atoms with Crippen molar-refractivity contribution in [1.82, 2.24) is 14.5 Å². The summed E-state index contributed by atoms with van der Waals surface area (Å²) < 4.78 is 1.71. The van der Waals surface area contributed by atoms with Gasteiger partial charge in [0.1, 0.15) is 11.0 Å². The molecule has 1 aliphatic heterocycles. The molecular weight excluding hydrogens is 362 g/mol. The highest BCUT2D eigenvalue weighted by Gasteiger charge is 2.30. The molecule has 0 bridgehead atoms. The van der Waals surface area contributed by atoms with Gasteiger partial charge in [-0.3, -0.25) is 4.79 Å². The minimum absolute atomic E-state index is 0.136. The predicted octanol–water partition coefficient (Wildman–Crippen LogP) is 4.22. The van der Waals surface area contributed by atoms with E-state index in [0.29, 0.717) is 11.1 Å². The fourth-order valence-electron chi connectivity index (χ4n) is 3.86. The summed E-state index contributed by atoms with van der Waals surface area (Å²) in [6, 6.07) is 2.18. The highest BCUT2D eigenvalue weighted by molar-refractivity contribution is 6.29. The summed E-state index contributed by atoms with van der Waals surface area (Å²) in [4.78, 5) is 24.3. The van der Waals surface area contributed by atoms with Gasteiger partial charge < -0.3 is 14.8 Å². The predicted molar refractivity (Wildman–Crippen MR) is 109 cm³/mol. The van der Waals surface area contributed by atoms with Gasteiger partial charge in [0.2, 0.25) is 0 Å². The van der Waals surface area contributed by atoms with Crippen LogP contribution in [-0.4, -0.2) is 27.6 Å². The molecule has 1 saturated carbocycles. The van der Waals surface area contributed by atoms with Crippen LogP contribution in [0.2, 0.25) is 5.15 Å². The largest absolute Gasteiger partial charge is 0.356 e. The number of nitrogens with one attached hydrogen (secondary N) is 1. The van der Waals surface area contributed by atoms with Crippen molar-refractivity contribution in [2.45, 2.75) is 52.5 Å². The van der Waals surface area contributed by atoms with Crippen molar-refractivity contribution in [2.75, 3.05) is 23.3 Å². The second-order valence-electron chi connectivity index (χ2n) is 7.78. The van der Waals surface area contributed by atoms with Gasteiger partial charge in [0, 0.05) is 25.3 Å². The van der Waals surface area contributed by atoms with Gasteiger partial charge in [-0.25, -0.2) is 9.97 Å². The Morgan fingerprint density at radius 3 is 2.59 bits per heavy atom. The van der Waals surface area contributed by atoms with E-state index in [1.807, 2.05) is 13.0 Å². The first-order valence-electron chi connectivity index (χ1n) is 9.73. The molecule has 2 fully saturated rings. The van der Waals surface area contributed by atoms with Crippen LogP contribution in [0.4, 0.5) is 17.3 Å². The molecule has 0 unspecified atom stereocenters. The van der Waals surface area contributed by atoms with Crippen molar-refractivity contribution in [1.29, 1.82) is 0 Å². The normalized spacial score (nSPS) is 18.0. The number of hydrogen-bond acceptors (Lipinski definition) is 5. The van der Waals surface area contributed by atoms with Crippen molar-refractivity contribution < 1.29 is 0 Å². The van der Waals surface area contributed by atoms with Crippen LogP contribution in [0, 0.1) is 19.8 Å². The summed E-state index contributed by atoms with van der Waals surface area (Å²) >= 11 is 6.21. The molecule has 7 heteroatoms. The number of rotatable bonds is 5. The Morgan fingerprint density at radius 2 is 1.93 bits per heavy atom. The van der Waals surface area contributed by atoms with Crippen LogP contribution >= 0.6 is 11.6 Å². The fraction of sp³-hybridized carbons (Fsp3) is 0.550. The van der Waals surface area contributed by atoms with Gasteiger partial charge in [0.15, 0.2) is 5.82 Å². The second-order valence-corrected chi connectivity index (χ2v) is 8.17. The lowest BCUT2D eigenvalue weighted by Crippen LogP contribution is -2.27. The zero-order valence-electron chi connectivity index (χ0n) is 16.1. The number of pyridine rings is 1. The van der Waals surface area contributed by atoms with E-state index in [2.05, 4.69) is 29.0 Å². The third-order valence-electron chi connectivity index (χ3n) is 5.68. The Balaban J connectivity index is 1.66. The molecule has 0 radical (unpaired) electrons. The molecule has 3 heterocycles. The van der Waals surface area contributed by atoms with Gasteiger partial charge in [0.25, 0.3) is 5.56 Å². The number of aromatic nitrogens is 3. The molecule has 1 saturated heterocycles. The molecule has 2 aromatic heterocycles. The Labute approximate surface area is 164 Å². The van der Waals surface area contributed by atoms with Gasteiger partial charge in [-0.2, -0.15) is 0 Å². The van der Waals surface area contributed by atoms with Gasteiger partial charge in [0.05, 0.1) is 11.4 Å². The molecule has 0 aromatic carbocycles. The van der Waals surface area contributed by atoms with Crippen LogP contribution in [0.3, 0.4) is 0 Å². The summed E-state index contributed by atoms with van der Waals surface area (Å²) in [7, 11) is 0. The molecule has 144 valence electrons. The van der Waals surface area contributed by atoms with E-state index in [4.69, 9.17) is 16.6 Å². The molecule has 27 heavy (non-hydrogen) atoms. The highest BCUT2D eigenvalue weighted by Crippen LogP contribution is 2.39. The molecule has 1 aliphatic carbocycles. The van der Waals surface area contributed by atoms with Crippen LogP contribution in [0.1, 0.15) is 49.9 Å². The smallest absolute Gasteiger partial charge is 0.294 e. The molecule has 0 spiro atoms. The lowest BCUT2D eigenvalue weighted by Gasteiger charge is -2.21. The van der Waals surface area contributed by atoms with E-state index in [1.165, 1.54) is 12.8 Å². The minimum atomic E-state index is -0.139. The quantitative estimate of drug-likeness (QED) is 0.832. The van der Waals surface area contributed by atoms with Crippen molar-refractivity contribution in [2.24, 2.45) is 5.92 Å². The van der Waals surface area contributed by atoms with Gasteiger partial charge >= 0.3 is 0 Å². The standard InChI is InChI=1S/C20H26ClN5O/c1-12-10-16(13(2)22-19(12)25-8-4-5-9-25)23-18-20(27)26(11-17(21)24-18)14(3)15-6-7-15/h10-11,14-15H,4-9H2,1-3H3,(H,23,24)/t14-/m1/s1. The van der Waals surface area contributed by atoms with E-state index < -0.39 is 0 Å². The molecule has 1 atom stereocenters. The van der Waals surface area contributed by atoms with E-state index >= 15 is 0 Å². The summed E-state index contributed by atoms with van der Waals surface area (Å²) in [5.74, 6) is 1.85. The van der Waals surface area contributed by atoms with Crippen molar-refractivity contribution in [3.05, 3.63) is 39.0 Å². The van der Waals surface area contributed by atoms with Crippen molar-refractivity contribution >= 4 is 28.9 Å². The average Bonchev–Trinajstić information content (AvgIpc) is 3.35. The van der Waals surface area contributed by atoms with Gasteiger partial charge in [-0.05, 0) is 64.0 Å². The van der Waals surface area contributed by atoms with E-state index in [1.54, 1.807) is 10.8 Å². The van der Waals surface area contributed by atoms with Crippen LogP contribution in [0.5, 0.6) is 0 Å². The maximum absolute atomic E-state index is 12.9. The number of aryl methyl sites for hydroxylation is 2. The molecule has 0 amide bonds. The van der Waals surface area contributed by atoms with Crippen LogP contribution in [0.25, 0.3) is 0 Å². The zero-order chi connectivity index (χ0) is 19.1.